The summed E-state index contributed by atoms with van der Waals surface area (Å²) in [6.45, 7) is 2.13. The highest BCUT2D eigenvalue weighted by molar-refractivity contribution is 5.83. The quantitative estimate of drug-likeness (QED) is 0.359. The van der Waals surface area contributed by atoms with Gasteiger partial charge in [-0.3, -0.25) is 4.79 Å². The molecular weight excluding hydrogens is 475 g/mol. The van der Waals surface area contributed by atoms with Crippen molar-refractivity contribution in [2.24, 2.45) is 5.10 Å². The van der Waals surface area contributed by atoms with E-state index in [-0.39, 0.29) is 11.8 Å². The van der Waals surface area contributed by atoms with Crippen LogP contribution in [0.15, 0.2) is 29.4 Å². The maximum atomic E-state index is 13.2. The number of alkyl halides is 3. The van der Waals surface area contributed by atoms with E-state index in [1.807, 2.05) is 12.1 Å². The summed E-state index contributed by atoms with van der Waals surface area (Å²) >= 11 is 0. The summed E-state index contributed by atoms with van der Waals surface area (Å²) in [5.41, 5.74) is 1.25. The lowest BCUT2D eigenvalue weighted by atomic mass is 9.89. The molecule has 1 fully saturated rings. The van der Waals surface area contributed by atoms with Crippen LogP contribution in [-0.2, 0) is 22.1 Å². The maximum absolute atomic E-state index is 13.2. The first kappa shape index (κ1) is 26.0. The van der Waals surface area contributed by atoms with Crippen molar-refractivity contribution >= 4 is 11.8 Å². The first-order valence-corrected chi connectivity index (χ1v) is 12.5. The molecule has 196 valence electrons. The van der Waals surface area contributed by atoms with Gasteiger partial charge in [0, 0.05) is 32.4 Å². The van der Waals surface area contributed by atoms with Crippen molar-refractivity contribution in [3.8, 4) is 5.75 Å². The summed E-state index contributed by atoms with van der Waals surface area (Å²) in [5, 5.41) is 11.2. The molecule has 0 atom stereocenters. The zero-order chi connectivity index (χ0) is 25.5. The van der Waals surface area contributed by atoms with E-state index < -0.39 is 12.0 Å². The summed E-state index contributed by atoms with van der Waals surface area (Å²) in [5.74, 6) is 0.926. The lowest BCUT2D eigenvalue weighted by Gasteiger charge is -2.35. The van der Waals surface area contributed by atoms with Crippen LogP contribution in [0.3, 0.4) is 0 Å². The zero-order valence-electron chi connectivity index (χ0n) is 20.5. The van der Waals surface area contributed by atoms with Crippen molar-refractivity contribution in [3.63, 3.8) is 0 Å². The molecule has 0 N–H and O–H groups in total. The van der Waals surface area contributed by atoms with Crippen LogP contribution in [0.5, 0.6) is 5.75 Å². The van der Waals surface area contributed by atoms with Crippen LogP contribution in [-0.4, -0.2) is 58.4 Å². The number of aromatic nitrogens is 3. The van der Waals surface area contributed by atoms with E-state index in [9.17, 15) is 18.0 Å². The lowest BCUT2D eigenvalue weighted by molar-refractivity contribution is -0.147. The van der Waals surface area contributed by atoms with E-state index >= 15 is 0 Å². The first-order chi connectivity index (χ1) is 17.3. The van der Waals surface area contributed by atoms with E-state index in [1.165, 1.54) is 12.7 Å². The Bertz CT molecular complexity index is 1040. The van der Waals surface area contributed by atoms with Gasteiger partial charge in [0.1, 0.15) is 11.6 Å². The molecule has 0 amide bonds. The van der Waals surface area contributed by atoms with Crippen molar-refractivity contribution in [1.29, 1.82) is 0 Å². The number of unbranched alkanes of at least 4 members (excludes halogenated alkanes) is 3. The summed E-state index contributed by atoms with van der Waals surface area (Å²) in [7, 11) is 1.41. The highest BCUT2D eigenvalue weighted by atomic mass is 19.4. The molecule has 2 aliphatic heterocycles. The number of carbonyl (C=O) groups is 1. The molecule has 0 spiro atoms. The predicted molar refractivity (Wildman–Crippen MR) is 127 cm³/mol. The molecule has 0 saturated carbocycles. The summed E-state index contributed by atoms with van der Waals surface area (Å²) in [6.07, 6.45) is 2.43. The van der Waals surface area contributed by atoms with Gasteiger partial charge in [-0.1, -0.05) is 25.0 Å². The molecule has 2 aromatic rings. The average Bonchev–Trinajstić information content (AvgIpc) is 3.32. The minimum Gasteiger partial charge on any atom is -0.494 e. The molecule has 1 aromatic heterocycles. The molecule has 0 bridgehead atoms. The lowest BCUT2D eigenvalue weighted by Crippen LogP contribution is -2.40. The fraction of sp³-hybridized carbons (Fsp3) is 0.600. The molecule has 1 saturated heterocycles. The molecule has 3 heterocycles. The van der Waals surface area contributed by atoms with Crippen LogP contribution >= 0.6 is 0 Å². The topological polar surface area (TPSA) is 81.8 Å². The van der Waals surface area contributed by atoms with Crippen LogP contribution in [0.4, 0.5) is 13.2 Å². The van der Waals surface area contributed by atoms with E-state index in [0.29, 0.717) is 37.6 Å². The van der Waals surface area contributed by atoms with Gasteiger partial charge < -0.3 is 14.4 Å². The Morgan fingerprint density at radius 2 is 1.75 bits per heavy atom. The van der Waals surface area contributed by atoms with E-state index in [2.05, 4.69) is 37.1 Å². The first-order valence-electron chi connectivity index (χ1n) is 12.5. The third-order valence-electron chi connectivity index (χ3n) is 6.73. The number of fused-ring (bicyclic) bond motifs is 1. The maximum Gasteiger partial charge on any atom is 0.453 e. The Balaban J connectivity index is 1.21. The number of hydrogen-bond donors (Lipinski definition) is 0. The van der Waals surface area contributed by atoms with Gasteiger partial charge in [-0.25, -0.2) is 0 Å². The number of rotatable bonds is 9. The molecule has 2 aliphatic rings. The van der Waals surface area contributed by atoms with Crippen LogP contribution in [0.25, 0.3) is 0 Å². The second-order valence-electron chi connectivity index (χ2n) is 9.18. The molecule has 0 unspecified atom stereocenters. The van der Waals surface area contributed by atoms with Crippen molar-refractivity contribution in [3.05, 3.63) is 41.5 Å². The number of likely N-dealkylation sites (tertiary alicyclic amines) is 1. The second-order valence-corrected chi connectivity index (χ2v) is 9.18. The number of nitrogens with zero attached hydrogens (tertiary/aromatic N) is 5. The molecule has 0 aliphatic carbocycles. The van der Waals surface area contributed by atoms with Gasteiger partial charge in [-0.05, 0) is 49.3 Å². The number of esters is 1. The van der Waals surface area contributed by atoms with Crippen LogP contribution in [0, 0.1) is 0 Å². The fourth-order valence-electron chi connectivity index (χ4n) is 4.68. The number of methoxy groups -OCH3 is 1. The molecule has 0 radical (unpaired) electrons. The normalized spacial score (nSPS) is 16.4. The molecule has 1 aromatic carbocycles. The molecule has 36 heavy (non-hydrogen) atoms. The van der Waals surface area contributed by atoms with E-state index in [1.54, 1.807) is 0 Å². The summed E-state index contributed by atoms with van der Waals surface area (Å²) in [6, 6.07) is 8.19. The van der Waals surface area contributed by atoms with Crippen molar-refractivity contribution in [2.75, 3.05) is 26.8 Å². The van der Waals surface area contributed by atoms with E-state index in [4.69, 9.17) is 4.74 Å². The summed E-state index contributed by atoms with van der Waals surface area (Å²) in [4.78, 5) is 13.2. The van der Waals surface area contributed by atoms with Gasteiger partial charge in [-0.15, -0.1) is 10.2 Å². The Kier molecular flexibility index (Phi) is 8.48. The smallest absolute Gasteiger partial charge is 0.453 e. The number of hydrogen-bond acceptors (Lipinski definition) is 7. The van der Waals surface area contributed by atoms with Crippen LogP contribution in [0.1, 0.15) is 74.5 Å². The molecular formula is C25H32F3N5O3. The van der Waals surface area contributed by atoms with Gasteiger partial charge in [0.2, 0.25) is 0 Å². The minimum atomic E-state index is -4.58. The number of benzene rings is 1. The highest BCUT2D eigenvalue weighted by Gasteiger charge is 2.40. The average molecular weight is 508 g/mol. The van der Waals surface area contributed by atoms with Crippen LogP contribution in [0.2, 0.25) is 0 Å². The van der Waals surface area contributed by atoms with E-state index in [0.717, 1.165) is 62.0 Å². The van der Waals surface area contributed by atoms with Gasteiger partial charge in [-0.2, -0.15) is 22.9 Å². The number of piperidine rings is 1. The third-order valence-corrected chi connectivity index (χ3v) is 6.73. The van der Waals surface area contributed by atoms with Gasteiger partial charge in [0.05, 0.1) is 13.7 Å². The standard InChI is InChI=1S/C25H32F3N5O3/c1-35-23(34)6-4-2-3-5-17-36-20-9-7-18(8-10-20)19-13-15-32(16-14-19)22-12-11-21-29-30-24(25(26,27)28)33(21)31-22/h7-10,19H,2-6,11-17H2,1H3. The van der Waals surface area contributed by atoms with Gasteiger partial charge in [0.25, 0.3) is 5.82 Å². The number of ether oxygens (including phenoxy) is 2. The molecule has 8 nitrogen and oxygen atoms in total. The number of carbonyl (C=O) groups excluding carboxylic acids is 1. The fourth-order valence-corrected chi connectivity index (χ4v) is 4.68. The Hall–Kier alpha value is -3.11. The monoisotopic (exact) mass is 507 g/mol. The number of halogens is 3. The second kappa shape index (κ2) is 11.7. The Morgan fingerprint density at radius 1 is 1.03 bits per heavy atom. The largest absolute Gasteiger partial charge is 0.494 e. The zero-order valence-corrected chi connectivity index (χ0v) is 20.5. The van der Waals surface area contributed by atoms with Gasteiger partial charge in [0.15, 0.2) is 5.82 Å². The Labute approximate surface area is 208 Å². The van der Waals surface area contributed by atoms with Gasteiger partial charge >= 0.3 is 12.1 Å². The Morgan fingerprint density at radius 3 is 2.44 bits per heavy atom. The van der Waals surface area contributed by atoms with Crippen molar-refractivity contribution in [2.45, 2.75) is 69.9 Å². The third kappa shape index (κ3) is 6.55. The van der Waals surface area contributed by atoms with Crippen molar-refractivity contribution in [1.82, 2.24) is 19.8 Å². The molecule has 11 heteroatoms. The number of aryl methyl sites for hydroxylation is 1. The molecule has 4 rings (SSSR count). The van der Waals surface area contributed by atoms with Crippen molar-refractivity contribution < 1.29 is 27.4 Å². The van der Waals surface area contributed by atoms with Crippen LogP contribution < -0.4 is 4.74 Å². The number of amidine groups is 1. The highest BCUT2D eigenvalue weighted by Crippen LogP contribution is 2.32. The minimum absolute atomic E-state index is 0.162. The predicted octanol–water partition coefficient (Wildman–Crippen LogP) is 4.79. The summed E-state index contributed by atoms with van der Waals surface area (Å²) < 4.78 is 50.9. The SMILES string of the molecule is COC(=O)CCCCCCOc1ccc(C2CCN(C3=Nn4c(nnc4C(F)(F)F)CC3)CC2)cc1.